The topological polar surface area (TPSA) is 133 Å². The predicted octanol–water partition coefficient (Wildman–Crippen LogP) is 6.29. The van der Waals surface area contributed by atoms with Crippen LogP contribution < -0.4 is 10.1 Å². The number of nitrogens with zero attached hydrogens (tertiary/aromatic N) is 4. The number of halogens is 1. The fourth-order valence-electron chi connectivity index (χ4n) is 6.40. The largest absolute Gasteiger partial charge is 0.497 e. The van der Waals surface area contributed by atoms with E-state index < -0.39 is 43.5 Å². The molecule has 4 aromatic carbocycles. The third-order valence-electron chi connectivity index (χ3n) is 8.83. The van der Waals surface area contributed by atoms with Gasteiger partial charge in [-0.3, -0.25) is 4.57 Å². The van der Waals surface area contributed by atoms with Gasteiger partial charge in [0.25, 0.3) is 0 Å². The minimum absolute atomic E-state index is 0.0582. The minimum Gasteiger partial charge on any atom is -0.497 e. The first-order valence-electron chi connectivity index (χ1n) is 16.1. The van der Waals surface area contributed by atoms with Crippen molar-refractivity contribution in [3.05, 3.63) is 150 Å². The average molecular weight is 728 g/mol. The molecule has 0 radical (unpaired) electrons. The summed E-state index contributed by atoms with van der Waals surface area (Å²) in [5.41, 5.74) is 3.57. The van der Waals surface area contributed by atoms with Crippen LogP contribution >= 0.6 is 6.72 Å². The lowest BCUT2D eigenvalue weighted by atomic mass is 9.77. The molecule has 0 spiro atoms. The average Bonchev–Trinajstić information content (AvgIpc) is 3.73. The van der Waals surface area contributed by atoms with E-state index in [4.69, 9.17) is 23.7 Å². The zero-order chi connectivity index (χ0) is 35.4. The van der Waals surface area contributed by atoms with Gasteiger partial charge in [0.15, 0.2) is 29.4 Å². The van der Waals surface area contributed by atoms with Crippen LogP contribution in [0.15, 0.2) is 128 Å². The smallest absolute Gasteiger partial charge is 0.321 e. The number of rotatable bonds is 13. The molecule has 11 nitrogen and oxygen atoms in total. The van der Waals surface area contributed by atoms with E-state index in [2.05, 4.69) is 63.5 Å². The van der Waals surface area contributed by atoms with Crippen molar-refractivity contribution in [3.63, 3.8) is 0 Å². The highest BCUT2D eigenvalue weighted by Gasteiger charge is 2.48. The molecular formula is C37H35FN5O6PS. The molecule has 262 valence electrons. The van der Waals surface area contributed by atoms with Gasteiger partial charge in [0, 0.05) is 0 Å². The standard InChI is InChI=1S/C37H35FN5O6PS/c1-46-29-19-17-25(18-20-29)21-47-33-31(38)30(22-48-50(44,45)51)49-36(33)43-24-41-32-34(39-23-40-35(32)43)42-37(26-11-5-2-6-12-26,27-13-7-3-8-14-27)28-15-9-4-10-16-28/h2-20,23-24,30-31,33,36H,21-22H2,1H3,(H,39,40,42)(H2,44,45,51)/t30-,31+,33?,36-/m1/s1. The Morgan fingerprint density at radius 3 is 2.00 bits per heavy atom. The first-order valence-corrected chi connectivity index (χ1v) is 18.8. The van der Waals surface area contributed by atoms with Crippen molar-refractivity contribution in [1.82, 2.24) is 19.5 Å². The van der Waals surface area contributed by atoms with Crippen LogP contribution in [0, 0.1) is 0 Å². The van der Waals surface area contributed by atoms with E-state index in [1.54, 1.807) is 23.8 Å². The first-order chi connectivity index (χ1) is 24.8. The molecule has 6 aromatic rings. The molecule has 14 heteroatoms. The summed E-state index contributed by atoms with van der Waals surface area (Å²) in [5, 5.41) is 3.74. The minimum atomic E-state index is -4.07. The van der Waals surface area contributed by atoms with Crippen LogP contribution in [0.1, 0.15) is 28.5 Å². The summed E-state index contributed by atoms with van der Waals surface area (Å²) in [6, 6.07) is 37.4. The fraction of sp³-hybridized carbons (Fsp3) is 0.216. The molecule has 0 aliphatic carbocycles. The highest BCUT2D eigenvalue weighted by molar-refractivity contribution is 8.06. The molecule has 3 N–H and O–H groups in total. The summed E-state index contributed by atoms with van der Waals surface area (Å²) in [6.45, 7) is -4.51. The number of fused-ring (bicyclic) bond motifs is 1. The third-order valence-corrected chi connectivity index (χ3v) is 9.63. The molecule has 0 bridgehead atoms. The summed E-state index contributed by atoms with van der Waals surface area (Å²) in [7, 11) is 1.57. The van der Waals surface area contributed by atoms with Gasteiger partial charge >= 0.3 is 6.72 Å². The highest BCUT2D eigenvalue weighted by atomic mass is 32.5. The van der Waals surface area contributed by atoms with Crippen molar-refractivity contribution >= 4 is 35.5 Å². The molecule has 7 rings (SSSR count). The van der Waals surface area contributed by atoms with Gasteiger partial charge in [-0.25, -0.2) is 19.3 Å². The van der Waals surface area contributed by atoms with Crippen molar-refractivity contribution in [2.75, 3.05) is 19.0 Å². The van der Waals surface area contributed by atoms with Gasteiger partial charge < -0.3 is 33.8 Å². The third kappa shape index (κ3) is 7.28. The van der Waals surface area contributed by atoms with Gasteiger partial charge in [0.05, 0.1) is 26.7 Å². The Morgan fingerprint density at radius 1 is 0.863 bits per heavy atom. The normalized spacial score (nSPS) is 19.3. The van der Waals surface area contributed by atoms with E-state index in [0.29, 0.717) is 22.7 Å². The molecular weight excluding hydrogens is 692 g/mol. The molecule has 4 atom stereocenters. The maximum Gasteiger partial charge on any atom is 0.321 e. The van der Waals surface area contributed by atoms with Gasteiger partial charge in [-0.1, -0.05) is 103 Å². The lowest BCUT2D eigenvalue weighted by Gasteiger charge is -2.37. The molecule has 1 saturated heterocycles. The van der Waals surface area contributed by atoms with E-state index in [-0.39, 0.29) is 6.61 Å². The highest BCUT2D eigenvalue weighted by Crippen LogP contribution is 2.43. The Hall–Kier alpha value is -4.59. The van der Waals surface area contributed by atoms with E-state index in [0.717, 1.165) is 22.3 Å². The number of benzene rings is 4. The maximum atomic E-state index is 16.1. The second-order valence-electron chi connectivity index (χ2n) is 11.9. The van der Waals surface area contributed by atoms with Crippen LogP contribution in [0.4, 0.5) is 10.2 Å². The van der Waals surface area contributed by atoms with Gasteiger partial charge in [0.2, 0.25) is 0 Å². The van der Waals surface area contributed by atoms with E-state index >= 15 is 4.39 Å². The van der Waals surface area contributed by atoms with E-state index in [1.165, 1.54) is 12.7 Å². The summed E-state index contributed by atoms with van der Waals surface area (Å²) < 4.78 is 40.3. The molecule has 2 aromatic heterocycles. The lowest BCUT2D eigenvalue weighted by Crippen LogP contribution is -2.38. The summed E-state index contributed by atoms with van der Waals surface area (Å²) >= 11 is 4.60. The molecule has 51 heavy (non-hydrogen) atoms. The maximum absolute atomic E-state index is 16.1. The predicted molar refractivity (Wildman–Crippen MR) is 193 cm³/mol. The second-order valence-corrected chi connectivity index (χ2v) is 14.6. The van der Waals surface area contributed by atoms with Crippen LogP contribution in [0.2, 0.25) is 0 Å². The van der Waals surface area contributed by atoms with E-state index in [9.17, 15) is 9.79 Å². The van der Waals surface area contributed by atoms with Crippen LogP contribution in [0.3, 0.4) is 0 Å². The van der Waals surface area contributed by atoms with E-state index in [1.807, 2.05) is 66.7 Å². The van der Waals surface area contributed by atoms with Gasteiger partial charge in [0.1, 0.15) is 29.8 Å². The monoisotopic (exact) mass is 727 g/mol. The van der Waals surface area contributed by atoms with Crippen molar-refractivity contribution in [3.8, 4) is 5.75 Å². The quantitative estimate of drug-likeness (QED) is 0.0917. The Labute approximate surface area is 298 Å². The molecule has 1 unspecified atom stereocenters. The van der Waals surface area contributed by atoms with Crippen molar-refractivity contribution < 1.29 is 32.9 Å². The molecule has 0 saturated carbocycles. The van der Waals surface area contributed by atoms with Crippen molar-refractivity contribution in [1.29, 1.82) is 0 Å². The molecule has 3 heterocycles. The van der Waals surface area contributed by atoms with Crippen LogP contribution in [-0.4, -0.2) is 61.4 Å². The summed E-state index contributed by atoms with van der Waals surface area (Å²) in [6.07, 6.45) is -2.25. The molecule has 0 amide bonds. The van der Waals surface area contributed by atoms with Gasteiger partial charge in [-0.05, 0) is 46.2 Å². The number of methoxy groups -OCH3 is 1. The Morgan fingerprint density at radius 2 is 1.45 bits per heavy atom. The zero-order valence-corrected chi connectivity index (χ0v) is 29.1. The Kier molecular flexibility index (Phi) is 10.2. The number of imidazole rings is 1. The number of hydrogen-bond acceptors (Lipinski definition) is 9. The molecule has 1 fully saturated rings. The summed E-state index contributed by atoms with van der Waals surface area (Å²) in [5.74, 6) is 1.11. The Balaban J connectivity index is 1.28. The number of alkyl halides is 1. The van der Waals surface area contributed by atoms with Gasteiger partial charge in [-0.15, -0.1) is 0 Å². The van der Waals surface area contributed by atoms with Crippen molar-refractivity contribution in [2.45, 2.75) is 36.8 Å². The number of hydrogen-bond donors (Lipinski definition) is 3. The van der Waals surface area contributed by atoms with Crippen LogP contribution in [-0.2, 0) is 38.0 Å². The summed E-state index contributed by atoms with van der Waals surface area (Å²) in [4.78, 5) is 33.3. The van der Waals surface area contributed by atoms with Crippen molar-refractivity contribution in [2.24, 2.45) is 0 Å². The number of anilines is 1. The SMILES string of the molecule is COc1ccc(COC2[C@@H](F)[C@@H](COP(O)(O)=S)O[C@H]2n2cnc3c(NC(c4ccccc4)(c4ccccc4)c4ccccc4)ncnc32)cc1. The zero-order valence-electron chi connectivity index (χ0n) is 27.4. The Bertz CT molecular complexity index is 2010. The van der Waals surface area contributed by atoms with Gasteiger partial charge in [-0.2, -0.15) is 0 Å². The fourth-order valence-corrected chi connectivity index (χ4v) is 6.93. The number of nitrogens with one attached hydrogen (secondary N) is 1. The number of aromatic nitrogens is 4. The first kappa shape index (κ1) is 34.8. The molecule has 1 aliphatic heterocycles. The van der Waals surface area contributed by atoms with Crippen LogP contribution in [0.5, 0.6) is 5.75 Å². The molecule has 1 aliphatic rings. The van der Waals surface area contributed by atoms with Crippen LogP contribution in [0.25, 0.3) is 11.2 Å². The second kappa shape index (κ2) is 14.9. The lowest BCUT2D eigenvalue weighted by molar-refractivity contribution is -0.0732. The number of ether oxygens (including phenoxy) is 3.